The van der Waals surface area contributed by atoms with E-state index < -0.39 is 55.4 Å². The van der Waals surface area contributed by atoms with E-state index in [-0.39, 0.29) is 44.4 Å². The summed E-state index contributed by atoms with van der Waals surface area (Å²) in [6.45, 7) is 2.01. The van der Waals surface area contributed by atoms with Gasteiger partial charge in [-0.15, -0.1) is 0 Å². The van der Waals surface area contributed by atoms with Crippen molar-refractivity contribution in [2.45, 2.75) is 95.3 Å². The van der Waals surface area contributed by atoms with Crippen LogP contribution in [0, 0.1) is 5.92 Å². The van der Waals surface area contributed by atoms with Gasteiger partial charge in [0.05, 0.1) is 0 Å². The van der Waals surface area contributed by atoms with Gasteiger partial charge < -0.3 is 35.2 Å². The maximum absolute atomic E-state index is 14.4. The normalized spacial score (nSPS) is 18.7. The van der Waals surface area contributed by atoms with E-state index in [1.54, 1.807) is 24.3 Å². The van der Waals surface area contributed by atoms with Crippen molar-refractivity contribution in [1.29, 1.82) is 0 Å². The fourth-order valence-corrected chi connectivity index (χ4v) is 7.78. The molecule has 0 radical (unpaired) electrons. The van der Waals surface area contributed by atoms with Gasteiger partial charge in [0.15, 0.2) is 0 Å². The van der Waals surface area contributed by atoms with Crippen LogP contribution in [0.1, 0.15) is 69.4 Å². The van der Waals surface area contributed by atoms with E-state index in [2.05, 4.69) is 16.0 Å². The molecule has 0 spiro atoms. The summed E-state index contributed by atoms with van der Waals surface area (Å²) in [6, 6.07) is 16.2. The average molecular weight is 729 g/mol. The van der Waals surface area contributed by atoms with E-state index in [1.165, 1.54) is 11.8 Å². The molecule has 1 saturated carbocycles. The fourth-order valence-electron chi connectivity index (χ4n) is 6.04. The van der Waals surface area contributed by atoms with Gasteiger partial charge in [0.25, 0.3) is 5.91 Å². The monoisotopic (exact) mass is 728 g/mol. The molecule has 1 aliphatic carbocycles. The van der Waals surface area contributed by atoms with Gasteiger partial charge in [0.1, 0.15) is 30.6 Å². The quantitative estimate of drug-likeness (QED) is 0.119. The fraction of sp³-hybridized carbons (Fsp3) is 0.528. The lowest BCUT2D eigenvalue weighted by atomic mass is 9.84. The maximum atomic E-state index is 14.4. The third kappa shape index (κ3) is 11.6. The third-order valence-electron chi connectivity index (χ3n) is 9.20. The molecule has 5 atom stereocenters. The molecule has 15 heteroatoms. The van der Waals surface area contributed by atoms with Crippen LogP contribution in [0.3, 0.4) is 0 Å². The minimum atomic E-state index is -4.29. The number of likely N-dealkylation sites (tertiary alicyclic amines) is 1. The van der Waals surface area contributed by atoms with Crippen LogP contribution in [0.15, 0.2) is 60.7 Å². The Labute approximate surface area is 298 Å². The Kier molecular flexibility index (Phi) is 15.0. The number of ether oxygens (including phenoxy) is 1. The van der Waals surface area contributed by atoms with E-state index in [0.717, 1.165) is 31.9 Å². The van der Waals surface area contributed by atoms with E-state index in [9.17, 15) is 33.6 Å². The van der Waals surface area contributed by atoms with Crippen molar-refractivity contribution in [3.05, 3.63) is 71.8 Å². The van der Waals surface area contributed by atoms with Crippen LogP contribution < -0.4 is 16.0 Å². The van der Waals surface area contributed by atoms with Crippen LogP contribution in [0.4, 0.5) is 4.79 Å². The molecule has 51 heavy (non-hydrogen) atoms. The van der Waals surface area contributed by atoms with Crippen molar-refractivity contribution in [1.82, 2.24) is 20.9 Å². The molecule has 4 amide bonds. The lowest BCUT2D eigenvalue weighted by molar-refractivity contribution is -0.151. The molecular weight excluding hydrogens is 679 g/mol. The topological polar surface area (TPSA) is 190 Å². The first kappa shape index (κ1) is 39.5. The number of aliphatic carboxylic acids is 1. The van der Waals surface area contributed by atoms with Crippen molar-refractivity contribution in [3.63, 3.8) is 0 Å². The Bertz CT molecular complexity index is 1520. The second kappa shape index (κ2) is 19.4. The first-order chi connectivity index (χ1) is 24.5. The molecule has 2 aromatic rings. The second-order valence-corrected chi connectivity index (χ2v) is 15.2. The molecule has 4 rings (SSSR count). The van der Waals surface area contributed by atoms with Crippen molar-refractivity contribution < 1.29 is 47.4 Å². The molecule has 0 bridgehead atoms. The highest BCUT2D eigenvalue weighted by Gasteiger charge is 2.43. The van der Waals surface area contributed by atoms with E-state index in [0.29, 0.717) is 31.2 Å². The molecular formula is C36H49N4O10P. The molecule has 1 saturated heterocycles. The molecule has 2 aromatic carbocycles. The van der Waals surface area contributed by atoms with Crippen LogP contribution in [-0.2, 0) is 50.6 Å². The minimum absolute atomic E-state index is 0.0123. The molecule has 2 fully saturated rings. The molecule has 2 unspecified atom stereocenters. The predicted molar refractivity (Wildman–Crippen MR) is 187 cm³/mol. The summed E-state index contributed by atoms with van der Waals surface area (Å²) in [6.07, 6.45) is 2.45. The number of unbranched alkanes of at least 4 members (excludes halogenated alkanes) is 1. The van der Waals surface area contributed by atoms with Gasteiger partial charge in [0.2, 0.25) is 11.8 Å². The zero-order valence-electron chi connectivity index (χ0n) is 29.2. The van der Waals surface area contributed by atoms with Gasteiger partial charge in [-0.2, -0.15) is 0 Å². The molecule has 278 valence electrons. The first-order valence-electron chi connectivity index (χ1n) is 17.5. The number of carbonyl (C=O) groups is 5. The van der Waals surface area contributed by atoms with Crippen molar-refractivity contribution in [2.24, 2.45) is 5.92 Å². The van der Waals surface area contributed by atoms with Gasteiger partial charge >= 0.3 is 19.7 Å². The molecule has 0 aromatic heterocycles. The lowest BCUT2D eigenvalue weighted by Gasteiger charge is -2.32. The highest BCUT2D eigenvalue weighted by molar-refractivity contribution is 7.54. The Morgan fingerprint density at radius 1 is 0.922 bits per heavy atom. The molecule has 1 aliphatic heterocycles. The van der Waals surface area contributed by atoms with Gasteiger partial charge in [0, 0.05) is 32.5 Å². The Balaban J connectivity index is 1.42. The number of alkyl carbamates (subject to hydrolysis) is 1. The number of nitrogens with one attached hydrogen (secondary N) is 3. The summed E-state index contributed by atoms with van der Waals surface area (Å²) in [5.41, 5.74) is 1.56. The largest absolute Gasteiger partial charge is 0.480 e. The summed E-state index contributed by atoms with van der Waals surface area (Å²) in [5, 5.41) is 17.9. The maximum Gasteiger partial charge on any atom is 0.407 e. The van der Waals surface area contributed by atoms with Crippen molar-refractivity contribution in [2.75, 3.05) is 20.2 Å². The van der Waals surface area contributed by atoms with Crippen LogP contribution in [0.25, 0.3) is 0 Å². The summed E-state index contributed by atoms with van der Waals surface area (Å²) in [5.74, 6) is -4.08. The summed E-state index contributed by atoms with van der Waals surface area (Å²) >= 11 is 0. The molecule has 14 nitrogen and oxygen atoms in total. The van der Waals surface area contributed by atoms with Crippen LogP contribution in [0.5, 0.6) is 0 Å². The number of carboxylic acids is 1. The number of hydrogen-bond acceptors (Lipinski definition) is 9. The zero-order chi connectivity index (χ0) is 36.8. The average Bonchev–Trinajstić information content (AvgIpc) is 3.60. The van der Waals surface area contributed by atoms with Crippen molar-refractivity contribution >= 4 is 37.4 Å². The smallest absolute Gasteiger partial charge is 0.407 e. The molecule has 1 heterocycles. The summed E-state index contributed by atoms with van der Waals surface area (Å²) < 4.78 is 30.9. The standard InChI is InChI=1S/C36H49N4O10P/c1-25(34(43)40-22-12-20-30(40)35(44)45)50-51(47,48-2)31(23-26-13-5-3-6-14-26)39-33(42)29(38-32(41)28-17-11-18-28)19-9-10-21-37-36(46)49-24-27-15-7-4-8-16-27/h3-8,13-16,25,28-31H,9-12,17-24H2,1-2H3,(H,37,46)(H,38,41)(H,39,42)(H,44,45)/t25-,29-,30-,31?,51?/m0/s1. The van der Waals surface area contributed by atoms with Crippen LogP contribution in [-0.4, -0.2) is 84.0 Å². The van der Waals surface area contributed by atoms with Gasteiger partial charge in [-0.05, 0) is 63.0 Å². The number of nitrogens with zero attached hydrogens (tertiary/aromatic N) is 1. The van der Waals surface area contributed by atoms with Gasteiger partial charge in [-0.1, -0.05) is 67.1 Å². The predicted octanol–water partition coefficient (Wildman–Crippen LogP) is 4.37. The highest BCUT2D eigenvalue weighted by Crippen LogP contribution is 2.53. The number of hydrogen-bond donors (Lipinski definition) is 4. The number of amides is 4. The van der Waals surface area contributed by atoms with Gasteiger partial charge in [-0.25, -0.2) is 9.59 Å². The van der Waals surface area contributed by atoms with Crippen molar-refractivity contribution in [3.8, 4) is 0 Å². The van der Waals surface area contributed by atoms with E-state index >= 15 is 0 Å². The summed E-state index contributed by atoms with van der Waals surface area (Å²) in [4.78, 5) is 65.3. The first-order valence-corrected chi connectivity index (χ1v) is 19.1. The minimum Gasteiger partial charge on any atom is -0.480 e. The number of carbonyl (C=O) groups excluding carboxylic acids is 4. The van der Waals surface area contributed by atoms with E-state index in [1.807, 2.05) is 36.4 Å². The Hall–Kier alpha value is -4.26. The van der Waals surface area contributed by atoms with Gasteiger partial charge in [-0.3, -0.25) is 23.5 Å². The Morgan fingerprint density at radius 2 is 1.59 bits per heavy atom. The highest BCUT2D eigenvalue weighted by atomic mass is 31.2. The number of rotatable bonds is 19. The van der Waals surface area contributed by atoms with Crippen LogP contribution in [0.2, 0.25) is 0 Å². The molecule has 4 N–H and O–H groups in total. The Morgan fingerprint density at radius 3 is 2.20 bits per heavy atom. The SMILES string of the molecule is COP(=O)(O[C@@H](C)C(=O)N1CCC[C@H]1C(=O)O)C(Cc1ccccc1)NC(=O)[C@H](CCCCNC(=O)OCc1ccccc1)NC(=O)C1CCC1. The van der Waals surface area contributed by atoms with Crippen LogP contribution >= 0.6 is 7.60 Å². The number of carboxylic acid groups (broad SMARTS) is 1. The summed E-state index contributed by atoms with van der Waals surface area (Å²) in [7, 11) is -3.13. The lowest BCUT2D eigenvalue weighted by Crippen LogP contribution is -2.52. The number of benzene rings is 2. The van der Waals surface area contributed by atoms with E-state index in [4.69, 9.17) is 13.8 Å². The third-order valence-corrected chi connectivity index (χ3v) is 11.4. The zero-order valence-corrected chi connectivity index (χ0v) is 30.1. The second-order valence-electron chi connectivity index (χ2n) is 12.9. The molecule has 2 aliphatic rings.